The number of rotatable bonds is 24. The van der Waals surface area contributed by atoms with Gasteiger partial charge in [-0.3, -0.25) is 43.2 Å². The van der Waals surface area contributed by atoms with Gasteiger partial charge in [0.25, 0.3) is 0 Å². The van der Waals surface area contributed by atoms with Gasteiger partial charge in [-0.15, -0.1) is 0 Å². The molecule has 0 spiro atoms. The second-order valence-electron chi connectivity index (χ2n) is 12.4. The van der Waals surface area contributed by atoms with Gasteiger partial charge in [0.1, 0.15) is 34.7 Å². The molecule has 4 N–H and O–H groups in total. The summed E-state index contributed by atoms with van der Waals surface area (Å²) in [6.07, 6.45) is -1.41. The Hall–Kier alpha value is -4.10. The van der Waals surface area contributed by atoms with Crippen LogP contribution in [-0.2, 0) is 47.9 Å². The fraction of sp³-hybridized carbons (Fsp3) is 0.688. The first-order valence-electron chi connectivity index (χ1n) is 15.4. The van der Waals surface area contributed by atoms with Crippen LogP contribution in [0.5, 0.6) is 0 Å². The molecule has 46 heavy (non-hydrogen) atoms. The van der Waals surface area contributed by atoms with Crippen molar-refractivity contribution in [1.29, 1.82) is 0 Å². The van der Waals surface area contributed by atoms with E-state index in [9.17, 15) is 47.9 Å². The van der Waals surface area contributed by atoms with E-state index in [1.807, 2.05) is 0 Å². The number of nitrogens with one attached hydrogen (secondary N) is 4. The van der Waals surface area contributed by atoms with Gasteiger partial charge in [0.15, 0.2) is 0 Å². The fourth-order valence-electron chi connectivity index (χ4n) is 5.13. The average molecular weight is 651 g/mol. The van der Waals surface area contributed by atoms with E-state index in [2.05, 4.69) is 21.3 Å². The Morgan fingerprint density at radius 2 is 0.522 bits per heavy atom. The maximum atomic E-state index is 13.0. The molecule has 0 aliphatic heterocycles. The summed E-state index contributed by atoms with van der Waals surface area (Å²) in [5.41, 5.74) is 0. The van der Waals surface area contributed by atoms with Crippen LogP contribution in [0, 0.1) is 5.92 Å². The second kappa shape index (κ2) is 21.6. The van der Waals surface area contributed by atoms with Gasteiger partial charge in [-0.25, -0.2) is 0 Å². The maximum absolute atomic E-state index is 13.0. The molecule has 0 aromatic heterocycles. The summed E-state index contributed by atoms with van der Waals surface area (Å²) in [7, 11) is 0. The molecular formula is C32H50N4O10. The molecule has 0 aliphatic carbocycles. The van der Waals surface area contributed by atoms with Crippen molar-refractivity contribution in [2.45, 2.75) is 137 Å². The van der Waals surface area contributed by atoms with E-state index in [1.165, 1.54) is 41.5 Å². The lowest BCUT2D eigenvalue weighted by atomic mass is 10.00. The van der Waals surface area contributed by atoms with Gasteiger partial charge >= 0.3 is 0 Å². The van der Waals surface area contributed by atoms with E-state index in [-0.39, 0.29) is 105 Å². The van der Waals surface area contributed by atoms with Gasteiger partial charge in [0, 0.05) is 88.4 Å². The predicted molar refractivity (Wildman–Crippen MR) is 167 cm³/mol. The molecule has 0 rings (SSSR count). The highest BCUT2D eigenvalue weighted by Crippen LogP contribution is 2.11. The van der Waals surface area contributed by atoms with E-state index in [1.54, 1.807) is 6.92 Å². The topological polar surface area (TPSA) is 219 Å². The molecular weight excluding hydrogens is 600 g/mol. The SMILES string of the molecule is CC(=O)CC(C)CC(=O)NC(CC(C)=O)CC(=O)NC(CC(C)=O)CC(=O)NC(CC(C)=O)CC(=O)NC(CC(C)=O)CC(C)=O. The average Bonchev–Trinajstić information content (AvgIpc) is 2.80. The van der Waals surface area contributed by atoms with Crippen molar-refractivity contribution in [2.24, 2.45) is 5.92 Å². The summed E-state index contributed by atoms with van der Waals surface area (Å²) in [4.78, 5) is 121. The minimum atomic E-state index is -0.961. The van der Waals surface area contributed by atoms with Crippen LogP contribution in [0.15, 0.2) is 0 Å². The van der Waals surface area contributed by atoms with Crippen LogP contribution in [0.1, 0.15) is 113 Å². The Labute approximate surface area is 270 Å². The Balaban J connectivity index is 5.48. The zero-order valence-electron chi connectivity index (χ0n) is 28.0. The van der Waals surface area contributed by atoms with Gasteiger partial charge in [-0.1, -0.05) is 6.92 Å². The van der Waals surface area contributed by atoms with Crippen molar-refractivity contribution in [3.63, 3.8) is 0 Å². The Morgan fingerprint density at radius 3 is 0.739 bits per heavy atom. The number of carbonyl (C=O) groups excluding carboxylic acids is 10. The van der Waals surface area contributed by atoms with Gasteiger partial charge in [0.2, 0.25) is 23.6 Å². The quantitative estimate of drug-likeness (QED) is 0.116. The zero-order valence-corrected chi connectivity index (χ0v) is 28.0. The number of amides is 4. The van der Waals surface area contributed by atoms with Crippen molar-refractivity contribution in [1.82, 2.24) is 21.3 Å². The molecule has 0 radical (unpaired) electrons. The third-order valence-electron chi connectivity index (χ3n) is 6.59. The summed E-state index contributed by atoms with van der Waals surface area (Å²) in [6.45, 7) is 9.67. The lowest BCUT2D eigenvalue weighted by Crippen LogP contribution is -2.47. The van der Waals surface area contributed by atoms with Crippen molar-refractivity contribution < 1.29 is 47.9 Å². The first-order valence-corrected chi connectivity index (χ1v) is 15.4. The van der Waals surface area contributed by atoms with Crippen LogP contribution in [0.3, 0.4) is 0 Å². The van der Waals surface area contributed by atoms with E-state index in [4.69, 9.17) is 0 Å². The summed E-state index contributed by atoms with van der Waals surface area (Å²) >= 11 is 0. The van der Waals surface area contributed by atoms with Gasteiger partial charge in [0.05, 0.1) is 0 Å². The Kier molecular flexibility index (Phi) is 19.7. The molecule has 0 aromatic rings. The van der Waals surface area contributed by atoms with Gasteiger partial charge < -0.3 is 26.1 Å². The van der Waals surface area contributed by atoms with Crippen molar-refractivity contribution >= 4 is 58.3 Å². The van der Waals surface area contributed by atoms with Crippen LogP contribution in [0.2, 0.25) is 0 Å². The predicted octanol–water partition coefficient (Wildman–Crippen LogP) is 0.997. The number of hydrogen-bond acceptors (Lipinski definition) is 10. The highest BCUT2D eigenvalue weighted by atomic mass is 16.2. The fourth-order valence-corrected chi connectivity index (χ4v) is 5.13. The minimum Gasteiger partial charge on any atom is -0.352 e. The highest BCUT2D eigenvalue weighted by molar-refractivity contribution is 5.87. The molecule has 4 amide bonds. The van der Waals surface area contributed by atoms with Crippen molar-refractivity contribution in [3.05, 3.63) is 0 Å². The minimum absolute atomic E-state index is 0.0241. The van der Waals surface area contributed by atoms with E-state index < -0.39 is 47.8 Å². The largest absolute Gasteiger partial charge is 0.352 e. The Morgan fingerprint density at radius 1 is 0.326 bits per heavy atom. The zero-order chi connectivity index (χ0) is 35.6. The van der Waals surface area contributed by atoms with Crippen LogP contribution in [-0.4, -0.2) is 82.5 Å². The van der Waals surface area contributed by atoms with Gasteiger partial charge in [-0.2, -0.15) is 0 Å². The first-order chi connectivity index (χ1) is 21.2. The molecule has 4 unspecified atom stereocenters. The molecule has 0 bridgehead atoms. The summed E-state index contributed by atoms with van der Waals surface area (Å²) < 4.78 is 0. The van der Waals surface area contributed by atoms with Crippen LogP contribution >= 0.6 is 0 Å². The van der Waals surface area contributed by atoms with Crippen molar-refractivity contribution in [3.8, 4) is 0 Å². The third kappa shape index (κ3) is 22.4. The summed E-state index contributed by atoms with van der Waals surface area (Å²) in [5, 5.41) is 10.4. The lowest BCUT2D eigenvalue weighted by molar-refractivity contribution is -0.127. The standard InChI is InChI=1S/C32H50N4O10/c1-18(8-19(2)37)9-29(43)34-26(12-22(5)40)15-31(45)36-28(14-24(7)42)17-32(46)35-27(13-23(6)41)16-30(44)33-25(10-20(3)38)11-21(4)39/h18,25-28H,8-17H2,1-7H3,(H,33,44)(H,34,43)(H,35,46)(H,36,45). The number of ketones is 6. The highest BCUT2D eigenvalue weighted by Gasteiger charge is 2.26. The Bertz CT molecular complexity index is 1150. The lowest BCUT2D eigenvalue weighted by Gasteiger charge is -2.23. The monoisotopic (exact) mass is 650 g/mol. The van der Waals surface area contributed by atoms with Crippen LogP contribution in [0.4, 0.5) is 0 Å². The number of Topliss-reactive ketones (excluding diaryl/α,β-unsaturated/α-hetero) is 6. The number of hydrogen-bond donors (Lipinski definition) is 4. The first kappa shape index (κ1) is 41.9. The molecule has 0 saturated carbocycles. The van der Waals surface area contributed by atoms with E-state index in [0.29, 0.717) is 0 Å². The smallest absolute Gasteiger partial charge is 0.222 e. The molecule has 0 aromatic carbocycles. The van der Waals surface area contributed by atoms with Crippen LogP contribution < -0.4 is 21.3 Å². The molecule has 0 fully saturated rings. The summed E-state index contributed by atoms with van der Waals surface area (Å²) in [6, 6.07) is -3.48. The third-order valence-corrected chi connectivity index (χ3v) is 6.59. The summed E-state index contributed by atoms with van der Waals surface area (Å²) in [5.74, 6) is -3.96. The van der Waals surface area contributed by atoms with Gasteiger partial charge in [-0.05, 0) is 47.5 Å². The molecule has 14 heteroatoms. The van der Waals surface area contributed by atoms with E-state index in [0.717, 1.165) is 0 Å². The van der Waals surface area contributed by atoms with Crippen LogP contribution in [0.25, 0.3) is 0 Å². The second-order valence-corrected chi connectivity index (χ2v) is 12.4. The molecule has 0 heterocycles. The molecule has 4 atom stereocenters. The van der Waals surface area contributed by atoms with Crippen molar-refractivity contribution in [2.75, 3.05) is 0 Å². The maximum Gasteiger partial charge on any atom is 0.222 e. The molecule has 0 aliphatic rings. The molecule has 258 valence electrons. The molecule has 0 saturated heterocycles. The van der Waals surface area contributed by atoms with E-state index >= 15 is 0 Å². The number of carbonyl (C=O) groups is 10. The molecule has 14 nitrogen and oxygen atoms in total. The normalized spacial score (nSPS) is 13.4.